The molecule has 3 heteroatoms. The fourth-order valence-corrected chi connectivity index (χ4v) is 5.86. The van der Waals surface area contributed by atoms with E-state index in [4.69, 9.17) is 0 Å². The molecule has 0 N–H and O–H groups in total. The van der Waals surface area contributed by atoms with Crippen molar-refractivity contribution >= 4 is 0 Å². The van der Waals surface area contributed by atoms with Gasteiger partial charge in [0.25, 0.3) is 0 Å². The van der Waals surface area contributed by atoms with Gasteiger partial charge in [-0.25, -0.2) is 13.2 Å². The Labute approximate surface area is 190 Å². The summed E-state index contributed by atoms with van der Waals surface area (Å²) in [5.74, 6) is 0.559. The molecule has 32 heavy (non-hydrogen) atoms. The highest BCUT2D eigenvalue weighted by Gasteiger charge is 2.35. The molecule has 4 rings (SSSR count). The Kier molecular flexibility index (Phi) is 7.23. The molecule has 170 valence electrons. The van der Waals surface area contributed by atoms with Gasteiger partial charge in [-0.1, -0.05) is 30.4 Å². The second kappa shape index (κ2) is 10.1. The van der Waals surface area contributed by atoms with E-state index in [1.165, 1.54) is 37.5 Å². The minimum absolute atomic E-state index is 0.132. The van der Waals surface area contributed by atoms with Crippen LogP contribution in [0.1, 0.15) is 68.9 Å². The number of hydrogen-bond acceptors (Lipinski definition) is 0. The number of aryl methyl sites for hydroxylation is 1. The summed E-state index contributed by atoms with van der Waals surface area (Å²) in [5.41, 5.74) is 1.43. The van der Waals surface area contributed by atoms with Gasteiger partial charge in [-0.3, -0.25) is 0 Å². The van der Waals surface area contributed by atoms with Crippen LogP contribution in [-0.4, -0.2) is 0 Å². The first-order valence-electron chi connectivity index (χ1n) is 12.0. The van der Waals surface area contributed by atoms with E-state index in [1.54, 1.807) is 12.1 Å². The van der Waals surface area contributed by atoms with Gasteiger partial charge in [-0.15, -0.1) is 6.58 Å². The summed E-state index contributed by atoms with van der Waals surface area (Å²) in [4.78, 5) is 0. The van der Waals surface area contributed by atoms with Gasteiger partial charge < -0.3 is 0 Å². The molecule has 0 bridgehead atoms. The van der Waals surface area contributed by atoms with Crippen molar-refractivity contribution in [1.29, 1.82) is 0 Å². The summed E-state index contributed by atoms with van der Waals surface area (Å²) < 4.78 is 44.7. The van der Waals surface area contributed by atoms with E-state index >= 15 is 8.78 Å². The van der Waals surface area contributed by atoms with Gasteiger partial charge in [0.15, 0.2) is 0 Å². The zero-order chi connectivity index (χ0) is 22.7. The van der Waals surface area contributed by atoms with Gasteiger partial charge >= 0.3 is 0 Å². The standard InChI is InChI=1S/C29H33F3/c1-3-5-6-7-20-10-13-24(16-26(20)30)29-27(31)17-25(18-28(29)32)23-12-11-21-14-19(4-2)8-9-22(21)15-23/h3-5,10,13,16-19,21-23H,2,6-9,11-12,14-15H2,1H3/b5-3+. The molecule has 0 radical (unpaired) electrons. The molecule has 2 aromatic rings. The Hall–Kier alpha value is -2.29. The molecule has 2 saturated carbocycles. The van der Waals surface area contributed by atoms with E-state index in [0.717, 1.165) is 31.2 Å². The van der Waals surface area contributed by atoms with Gasteiger partial charge in [-0.05, 0) is 117 Å². The molecule has 0 saturated heterocycles. The van der Waals surface area contributed by atoms with Crippen LogP contribution in [0.25, 0.3) is 11.1 Å². The first kappa shape index (κ1) is 22.9. The van der Waals surface area contributed by atoms with E-state index in [1.807, 2.05) is 19.1 Å². The highest BCUT2D eigenvalue weighted by Crippen LogP contribution is 2.48. The second-order valence-corrected chi connectivity index (χ2v) is 9.61. The third kappa shape index (κ3) is 4.87. The molecule has 4 atom stereocenters. The monoisotopic (exact) mass is 438 g/mol. The molecule has 0 nitrogen and oxygen atoms in total. The number of halogens is 3. The second-order valence-electron chi connectivity index (χ2n) is 9.61. The smallest absolute Gasteiger partial charge is 0.134 e. The Morgan fingerprint density at radius 3 is 2.31 bits per heavy atom. The van der Waals surface area contributed by atoms with E-state index < -0.39 is 17.5 Å². The third-order valence-corrected chi connectivity index (χ3v) is 7.68. The zero-order valence-corrected chi connectivity index (χ0v) is 18.9. The lowest BCUT2D eigenvalue weighted by atomic mass is 9.64. The Morgan fingerprint density at radius 1 is 0.906 bits per heavy atom. The SMILES string of the molecule is C=CC1CCC2CC(c3cc(F)c(-c4ccc(CC/C=C/C)c(F)c4)c(F)c3)CCC2C1. The van der Waals surface area contributed by atoms with Crippen molar-refractivity contribution in [3.8, 4) is 11.1 Å². The average Bonchev–Trinajstić information content (AvgIpc) is 2.79. The molecule has 4 unspecified atom stereocenters. The Morgan fingerprint density at radius 2 is 1.62 bits per heavy atom. The highest BCUT2D eigenvalue weighted by atomic mass is 19.1. The number of hydrogen-bond donors (Lipinski definition) is 0. The number of fused-ring (bicyclic) bond motifs is 1. The molecule has 0 heterocycles. The summed E-state index contributed by atoms with van der Waals surface area (Å²) in [7, 11) is 0. The van der Waals surface area contributed by atoms with Crippen molar-refractivity contribution in [2.24, 2.45) is 17.8 Å². The van der Waals surface area contributed by atoms with Gasteiger partial charge in [0.05, 0.1) is 5.56 Å². The minimum atomic E-state index is -0.599. The van der Waals surface area contributed by atoms with Crippen LogP contribution >= 0.6 is 0 Å². The zero-order valence-electron chi connectivity index (χ0n) is 18.9. The maximum Gasteiger partial charge on any atom is 0.134 e. The normalized spacial score (nSPS) is 25.6. The topological polar surface area (TPSA) is 0 Å². The van der Waals surface area contributed by atoms with Crippen LogP contribution in [-0.2, 0) is 6.42 Å². The maximum absolute atomic E-state index is 15.1. The lowest BCUT2D eigenvalue weighted by Gasteiger charge is -2.41. The quantitative estimate of drug-likeness (QED) is 0.395. The number of benzene rings is 2. The van der Waals surface area contributed by atoms with Gasteiger partial charge in [-0.2, -0.15) is 0 Å². The molecule has 0 aromatic heterocycles. The van der Waals surface area contributed by atoms with Crippen molar-refractivity contribution in [3.63, 3.8) is 0 Å². The van der Waals surface area contributed by atoms with Crippen LogP contribution in [0.3, 0.4) is 0 Å². The van der Waals surface area contributed by atoms with E-state index in [0.29, 0.717) is 29.7 Å². The van der Waals surface area contributed by atoms with Crippen molar-refractivity contribution in [1.82, 2.24) is 0 Å². The molecule has 2 aromatic carbocycles. The first-order valence-corrected chi connectivity index (χ1v) is 12.0. The first-order chi connectivity index (χ1) is 15.5. The maximum atomic E-state index is 15.1. The predicted molar refractivity (Wildman–Crippen MR) is 126 cm³/mol. The Bertz CT molecular complexity index is 967. The van der Waals surface area contributed by atoms with Gasteiger partial charge in [0.2, 0.25) is 0 Å². The molecule has 2 aliphatic rings. The largest absolute Gasteiger partial charge is 0.207 e. The number of allylic oxidation sites excluding steroid dienone is 3. The molecule has 0 spiro atoms. The van der Waals surface area contributed by atoms with Crippen LogP contribution < -0.4 is 0 Å². The minimum Gasteiger partial charge on any atom is -0.207 e. The fraction of sp³-hybridized carbons (Fsp3) is 0.448. The average molecular weight is 439 g/mol. The van der Waals surface area contributed by atoms with Crippen LogP contribution in [0, 0.1) is 35.2 Å². The molecule has 2 fully saturated rings. The van der Waals surface area contributed by atoms with Crippen LogP contribution in [0.15, 0.2) is 55.1 Å². The molecular formula is C29H33F3. The lowest BCUT2D eigenvalue weighted by molar-refractivity contribution is 0.133. The summed E-state index contributed by atoms with van der Waals surface area (Å²) in [5, 5.41) is 0. The van der Waals surface area contributed by atoms with E-state index in [9.17, 15) is 4.39 Å². The van der Waals surface area contributed by atoms with Crippen LogP contribution in [0.2, 0.25) is 0 Å². The Balaban J connectivity index is 1.52. The molecule has 0 aliphatic heterocycles. The van der Waals surface area contributed by atoms with Crippen molar-refractivity contribution in [2.75, 3.05) is 0 Å². The molecule has 0 amide bonds. The third-order valence-electron chi connectivity index (χ3n) is 7.68. The summed E-state index contributed by atoms with van der Waals surface area (Å²) in [6.45, 7) is 5.88. The summed E-state index contributed by atoms with van der Waals surface area (Å²) in [6, 6.07) is 7.49. The molecule has 2 aliphatic carbocycles. The van der Waals surface area contributed by atoms with Gasteiger partial charge in [0.1, 0.15) is 17.5 Å². The number of rotatable bonds is 6. The summed E-state index contributed by atoms with van der Waals surface area (Å²) in [6.07, 6.45) is 13.9. The van der Waals surface area contributed by atoms with Crippen molar-refractivity contribution < 1.29 is 13.2 Å². The fourth-order valence-electron chi connectivity index (χ4n) is 5.86. The van der Waals surface area contributed by atoms with E-state index in [2.05, 4.69) is 12.7 Å². The van der Waals surface area contributed by atoms with E-state index in [-0.39, 0.29) is 17.0 Å². The predicted octanol–water partition coefficient (Wildman–Crippen LogP) is 8.77. The van der Waals surface area contributed by atoms with Crippen molar-refractivity contribution in [2.45, 2.75) is 64.2 Å². The lowest BCUT2D eigenvalue weighted by Crippen LogP contribution is -2.30. The summed E-state index contributed by atoms with van der Waals surface area (Å²) >= 11 is 0. The van der Waals surface area contributed by atoms with Crippen LogP contribution in [0.5, 0.6) is 0 Å². The highest BCUT2D eigenvalue weighted by molar-refractivity contribution is 5.66. The van der Waals surface area contributed by atoms with Crippen LogP contribution in [0.4, 0.5) is 13.2 Å². The van der Waals surface area contributed by atoms with Gasteiger partial charge in [0, 0.05) is 0 Å². The molecular weight excluding hydrogens is 405 g/mol. The van der Waals surface area contributed by atoms with Crippen molar-refractivity contribution in [3.05, 3.63) is 83.7 Å².